The van der Waals surface area contributed by atoms with E-state index in [9.17, 15) is 44.9 Å². The number of nitrogens with zero attached hydrogens (tertiary/aromatic N) is 5. The summed E-state index contributed by atoms with van der Waals surface area (Å²) in [6.07, 6.45) is 0.519. The zero-order valence-corrected chi connectivity index (χ0v) is 62.5. The van der Waals surface area contributed by atoms with Crippen molar-refractivity contribution in [2.75, 3.05) is 80.9 Å². The van der Waals surface area contributed by atoms with Crippen molar-refractivity contribution in [1.82, 2.24) is 9.80 Å². The van der Waals surface area contributed by atoms with Crippen LogP contribution in [0.2, 0.25) is 0 Å². The Bertz CT molecular complexity index is 4090. The molecule has 9 rings (SSSR count). The van der Waals surface area contributed by atoms with E-state index in [-0.39, 0.29) is 95.9 Å². The summed E-state index contributed by atoms with van der Waals surface area (Å²) in [7, 11) is -3.48. The number of rotatable bonds is 26. The third-order valence-electron chi connectivity index (χ3n) is 14.5. The molecule has 5 unspecified atom stereocenters. The molecule has 0 saturated heterocycles. The number of hydrogen-bond acceptors (Lipinski definition) is 14. The Labute approximate surface area is 594 Å². The molecule has 3 heterocycles. The van der Waals surface area contributed by atoms with Crippen LogP contribution < -0.4 is 29.6 Å². The molecular weight excluding hydrogens is 1370 g/mol. The number of fused-ring (bicyclic) bond motifs is 3. The molecule has 15 nitrogen and oxygen atoms in total. The van der Waals surface area contributed by atoms with Crippen molar-refractivity contribution in [3.8, 4) is 0 Å². The van der Waals surface area contributed by atoms with Crippen LogP contribution in [0.1, 0.15) is 100 Å². The Morgan fingerprint density at radius 2 is 0.760 bits per heavy atom. The summed E-state index contributed by atoms with van der Waals surface area (Å²) in [5.74, 6) is -5.58. The quantitative estimate of drug-likeness (QED) is 0.0130. The molecule has 0 aliphatic heterocycles. The molecule has 0 saturated carbocycles. The second-order valence-corrected chi connectivity index (χ2v) is 31.4. The number of aliphatic hydroxyl groups excluding tert-OH is 1. The molecule has 0 amide bonds. The zero-order valence-electron chi connectivity index (χ0n) is 55.4. The van der Waals surface area contributed by atoms with E-state index in [1.807, 2.05) is 132 Å². The first-order valence-electron chi connectivity index (χ1n) is 30.1. The van der Waals surface area contributed by atoms with Gasteiger partial charge in [0.15, 0.2) is 34.9 Å². The molecule has 96 heavy (non-hydrogen) atoms. The Morgan fingerprint density at radius 1 is 0.469 bits per heavy atom. The first kappa shape index (κ1) is 85.6. The Kier molecular flexibility index (Phi) is 36.8. The van der Waals surface area contributed by atoms with Crippen molar-refractivity contribution in [3.63, 3.8) is 0 Å². The largest absolute Gasteiger partial charge is 1.00 e. The Balaban J connectivity index is 0.000000349. The third kappa shape index (κ3) is 23.8. The maximum absolute atomic E-state index is 14.1. The fourth-order valence-electron chi connectivity index (χ4n) is 10.1. The molecule has 0 fully saturated rings. The molecule has 0 bridgehead atoms. The van der Waals surface area contributed by atoms with Crippen molar-refractivity contribution in [1.29, 1.82) is 0 Å². The SMILES string of the molecule is C.CCOP(=O)(O)C(Cc1ccc(F)c(F)c1)c1sc2ccccc2c1C.CCOP(=O)(OCC)C(Cc1ccc(F)c(F)c1)c1sc2ccccc2c1C.CCOP(=O)(OCCN(C)C)C(Cc1ccc(F)c(F)c1)c1sc2ccccc2c1C.CN(C)CCO.[N-]=[N+]=[N-].[Na+]. The predicted octanol–water partition coefficient (Wildman–Crippen LogP) is 17.7. The third-order valence-corrected chi connectivity index (χ3v) is 25.9. The molecule has 0 spiro atoms. The minimum Gasteiger partial charge on any atom is -0.395 e. The van der Waals surface area contributed by atoms with Crippen LogP contribution in [0.25, 0.3) is 46.2 Å². The van der Waals surface area contributed by atoms with E-state index in [0.29, 0.717) is 23.2 Å². The van der Waals surface area contributed by atoms with Gasteiger partial charge in [-0.15, -0.1) is 34.0 Å². The molecule has 2 N–H and O–H groups in total. The first-order chi connectivity index (χ1) is 44.7. The topological polar surface area (TPSA) is 203 Å². The van der Waals surface area contributed by atoms with Gasteiger partial charge in [-0.2, -0.15) is 0 Å². The van der Waals surface area contributed by atoms with Crippen molar-refractivity contribution >= 4 is 87.1 Å². The number of hydrogen-bond donors (Lipinski definition) is 2. The fourth-order valence-corrected chi connectivity index (χ4v) is 20.9. The molecule has 28 heteroatoms. The van der Waals surface area contributed by atoms with Gasteiger partial charge in [0.05, 0.1) is 56.6 Å². The van der Waals surface area contributed by atoms with Gasteiger partial charge < -0.3 is 53.5 Å². The summed E-state index contributed by atoms with van der Waals surface area (Å²) in [5.41, 5.74) is 15.9. The monoisotopic (exact) mass is 1460 g/mol. The van der Waals surface area contributed by atoms with E-state index in [2.05, 4.69) is 0 Å². The van der Waals surface area contributed by atoms with Crippen LogP contribution in [0, 0.1) is 55.7 Å². The Morgan fingerprint density at radius 3 is 1.03 bits per heavy atom. The Hall–Kier alpha value is -4.58. The predicted molar refractivity (Wildman–Crippen MR) is 377 cm³/mol. The average molecular weight is 1460 g/mol. The van der Waals surface area contributed by atoms with Crippen molar-refractivity contribution in [2.24, 2.45) is 0 Å². The van der Waals surface area contributed by atoms with E-state index >= 15 is 0 Å². The van der Waals surface area contributed by atoms with Crippen molar-refractivity contribution in [3.05, 3.63) is 226 Å². The standard InChI is InChI=1S/C23H28F2NO3PS.C21H23F2O3PS.C19H19F2O3PS.C4H11NO.CH4.N3.Na/c1-5-28-30(27,29-13-12-26(3)4)21(15-17-10-11-19(24)20(25)14-17)23-16(2)18-8-6-7-9-22(18)31-23;1-4-25-27(24,26-5-2)19(13-15-10-11-17(22)18(23)12-15)21-14(3)16-8-6-7-9-20(16)28-21;1-3-24-25(22,23)17(11-13-8-9-15(20)16(21)10-13)19-12(2)14-6-4-5-7-18(14)26-19;1-5(2)3-4-6;;1-3-2;/h6-11,14,21H,5,12-13,15H2,1-4H3;6-12,19H,4-5,13H2,1-3H3;4-10,17H,3,11H2,1-2H3,(H,22,23);6H,3-4H2,1-2H3;1H4;;/q;;;;;-1;+1. The van der Waals surface area contributed by atoms with Crippen molar-refractivity contribution < 1.29 is 102 Å². The van der Waals surface area contributed by atoms with Gasteiger partial charge in [-0.3, -0.25) is 18.6 Å². The summed E-state index contributed by atoms with van der Waals surface area (Å²) < 4.78 is 153. The van der Waals surface area contributed by atoms with Gasteiger partial charge in [0, 0.05) is 41.8 Å². The van der Waals surface area contributed by atoms with Gasteiger partial charge in [-0.1, -0.05) is 80.2 Å². The van der Waals surface area contributed by atoms with Gasteiger partial charge in [0.25, 0.3) is 0 Å². The summed E-state index contributed by atoms with van der Waals surface area (Å²) in [4.78, 5) is 18.4. The molecule has 6 aromatic carbocycles. The van der Waals surface area contributed by atoms with Gasteiger partial charge in [-0.25, -0.2) is 26.3 Å². The molecular formula is C68H85F6N5NaO10P3S3. The molecule has 518 valence electrons. The molecule has 0 radical (unpaired) electrons. The second kappa shape index (κ2) is 41.2. The summed E-state index contributed by atoms with van der Waals surface area (Å²) >= 11 is 4.51. The minimum absolute atomic E-state index is 0. The molecule has 0 aliphatic rings. The van der Waals surface area contributed by atoms with Crippen LogP contribution in [-0.2, 0) is 55.6 Å². The average Bonchev–Trinajstić information content (AvgIpc) is 1.64. The van der Waals surface area contributed by atoms with Crippen LogP contribution >= 0.6 is 56.8 Å². The van der Waals surface area contributed by atoms with Gasteiger partial charge in [-0.05, 0) is 200 Å². The first-order valence-corrected chi connectivity index (χ1v) is 37.4. The second-order valence-electron chi connectivity index (χ2n) is 21.7. The molecule has 3 aromatic heterocycles. The van der Waals surface area contributed by atoms with Crippen LogP contribution in [0.4, 0.5) is 26.3 Å². The van der Waals surface area contributed by atoms with Crippen LogP contribution in [0.15, 0.2) is 127 Å². The van der Waals surface area contributed by atoms with E-state index in [1.54, 1.807) is 39.0 Å². The van der Waals surface area contributed by atoms with E-state index in [4.69, 9.17) is 38.8 Å². The number of halogens is 6. The van der Waals surface area contributed by atoms with Crippen LogP contribution in [0.5, 0.6) is 0 Å². The minimum atomic E-state index is -4.00. The van der Waals surface area contributed by atoms with E-state index < -0.39 is 74.7 Å². The molecule has 0 aliphatic carbocycles. The van der Waals surface area contributed by atoms with Gasteiger partial charge in [0.2, 0.25) is 0 Å². The van der Waals surface area contributed by atoms with E-state index in [1.165, 1.54) is 45.8 Å². The number of likely N-dealkylation sites (N-methyl/N-ethyl adjacent to an activating group) is 2. The molecule has 9 aromatic rings. The number of aryl methyl sites for hydroxylation is 3. The van der Waals surface area contributed by atoms with Crippen LogP contribution in [0.3, 0.4) is 0 Å². The van der Waals surface area contributed by atoms with Crippen molar-refractivity contribution in [2.45, 2.75) is 92.1 Å². The number of thiophene rings is 3. The van der Waals surface area contributed by atoms with Gasteiger partial charge in [0.1, 0.15) is 0 Å². The summed E-state index contributed by atoms with van der Waals surface area (Å²) in [6.45, 7) is 15.4. The maximum atomic E-state index is 14.1. The summed E-state index contributed by atoms with van der Waals surface area (Å²) in [5, 5.41) is 11.4. The normalized spacial score (nSPS) is 13.4. The number of benzene rings is 6. The maximum Gasteiger partial charge on any atom is 1.00 e. The van der Waals surface area contributed by atoms with Gasteiger partial charge >= 0.3 is 52.3 Å². The fraction of sp³-hybridized carbons (Fsp3) is 0.382. The zero-order chi connectivity index (χ0) is 69.5. The number of aliphatic hydroxyl groups is 1. The smallest absolute Gasteiger partial charge is 0.395 e. The van der Waals surface area contributed by atoms with Crippen LogP contribution in [-0.4, -0.2) is 101 Å². The van der Waals surface area contributed by atoms with E-state index in [0.717, 1.165) is 105 Å². The summed E-state index contributed by atoms with van der Waals surface area (Å²) in [6, 6.07) is 34.7. The molecule has 5 atom stereocenters.